The molecule has 168 valence electrons. The van der Waals surface area contributed by atoms with Crippen molar-refractivity contribution in [1.82, 2.24) is 0 Å². The number of carbonyl (C=O) groups excluding carboxylic acids is 3. The topological polar surface area (TPSA) is 171 Å². The molecule has 4 rings (SSSR count). The lowest BCUT2D eigenvalue weighted by atomic mass is 9.79. The fraction of sp³-hybridized carbons (Fsp3) is 0.318. The first kappa shape index (κ1) is 21.3. The van der Waals surface area contributed by atoms with E-state index in [0.29, 0.717) is 6.42 Å². The predicted octanol–water partition coefficient (Wildman–Crippen LogP) is 1.68. The van der Waals surface area contributed by atoms with Gasteiger partial charge in [-0.1, -0.05) is 0 Å². The molecule has 10 nitrogen and oxygen atoms in total. The van der Waals surface area contributed by atoms with E-state index >= 15 is 0 Å². The third-order valence-corrected chi connectivity index (χ3v) is 5.73. The van der Waals surface area contributed by atoms with Crippen LogP contribution in [0.2, 0.25) is 0 Å². The number of phenols is 5. The summed E-state index contributed by atoms with van der Waals surface area (Å²) < 4.78 is 11.5. The molecule has 0 aromatic heterocycles. The molecule has 1 aliphatic heterocycles. The number of Topliss-reactive ketones (excluding diaryl/α,β-unsaturated/α-hetero) is 2. The van der Waals surface area contributed by atoms with E-state index in [1.165, 1.54) is 6.07 Å². The van der Waals surface area contributed by atoms with Crippen molar-refractivity contribution in [2.75, 3.05) is 0 Å². The standard InChI is InChI=1S/C22H20O10/c23-11-6-14(25)12-8-19(32-22(30)10-4-16(27)20(29)17(28)5-10)21(31-18(12)7-11)9-1-2-13(24)15(26)3-9/h4-7,9,19,21,23,25,27-29H,1-3,8H2. The summed E-state index contributed by atoms with van der Waals surface area (Å²) in [6.45, 7) is 0. The molecule has 0 saturated heterocycles. The number of fused-ring (bicyclic) bond motifs is 1. The van der Waals surface area contributed by atoms with Crippen LogP contribution in [0.25, 0.3) is 0 Å². The highest BCUT2D eigenvalue weighted by atomic mass is 16.6. The van der Waals surface area contributed by atoms with E-state index in [1.54, 1.807) is 0 Å². The number of hydrogen-bond acceptors (Lipinski definition) is 10. The minimum Gasteiger partial charge on any atom is -0.508 e. The molecule has 1 heterocycles. The maximum atomic E-state index is 12.7. The van der Waals surface area contributed by atoms with Gasteiger partial charge in [-0.3, -0.25) is 9.59 Å². The average Bonchev–Trinajstić information content (AvgIpc) is 2.73. The number of esters is 1. The van der Waals surface area contributed by atoms with Gasteiger partial charge >= 0.3 is 5.97 Å². The molecule has 0 bridgehead atoms. The van der Waals surface area contributed by atoms with Crippen molar-refractivity contribution in [2.45, 2.75) is 37.9 Å². The third kappa shape index (κ3) is 3.86. The summed E-state index contributed by atoms with van der Waals surface area (Å²) in [5, 5.41) is 48.8. The normalized spacial score (nSPS) is 22.7. The van der Waals surface area contributed by atoms with Gasteiger partial charge in [0.15, 0.2) is 28.8 Å². The second-order valence-electron chi connectivity index (χ2n) is 7.88. The molecule has 10 heteroatoms. The monoisotopic (exact) mass is 444 g/mol. The van der Waals surface area contributed by atoms with Gasteiger partial charge in [0, 0.05) is 42.9 Å². The van der Waals surface area contributed by atoms with E-state index in [0.717, 1.165) is 18.2 Å². The molecule has 0 spiro atoms. The number of ketones is 2. The highest BCUT2D eigenvalue weighted by molar-refractivity contribution is 6.37. The second kappa shape index (κ2) is 7.95. The van der Waals surface area contributed by atoms with Crippen molar-refractivity contribution in [3.05, 3.63) is 35.4 Å². The minimum absolute atomic E-state index is 0.00740. The number of rotatable bonds is 3. The van der Waals surface area contributed by atoms with Gasteiger partial charge in [0.25, 0.3) is 0 Å². The lowest BCUT2D eigenvalue weighted by molar-refractivity contribution is -0.141. The molecule has 2 aliphatic rings. The van der Waals surface area contributed by atoms with Crippen LogP contribution in [-0.2, 0) is 20.7 Å². The molecule has 2 aromatic rings. The first-order valence-electron chi connectivity index (χ1n) is 9.87. The Morgan fingerprint density at radius 2 is 1.59 bits per heavy atom. The van der Waals surface area contributed by atoms with Crippen LogP contribution in [0, 0.1) is 5.92 Å². The SMILES string of the molecule is O=C1CCC(C2Oc3cc(O)cc(O)c3CC2OC(=O)c2cc(O)c(O)c(O)c2)CC1=O. The lowest BCUT2D eigenvalue weighted by Gasteiger charge is -2.38. The van der Waals surface area contributed by atoms with Crippen LogP contribution >= 0.6 is 0 Å². The molecule has 1 saturated carbocycles. The first-order valence-corrected chi connectivity index (χ1v) is 9.87. The van der Waals surface area contributed by atoms with E-state index < -0.39 is 52.9 Å². The smallest absolute Gasteiger partial charge is 0.338 e. The average molecular weight is 444 g/mol. The van der Waals surface area contributed by atoms with E-state index in [-0.39, 0.29) is 47.6 Å². The van der Waals surface area contributed by atoms with Crippen LogP contribution in [0.5, 0.6) is 34.5 Å². The highest BCUT2D eigenvalue weighted by Gasteiger charge is 2.43. The maximum Gasteiger partial charge on any atom is 0.338 e. The first-order chi connectivity index (χ1) is 15.1. The van der Waals surface area contributed by atoms with Crippen LogP contribution in [-0.4, -0.2) is 55.3 Å². The zero-order valence-corrected chi connectivity index (χ0v) is 16.6. The number of carbonyl (C=O) groups is 3. The second-order valence-corrected chi connectivity index (χ2v) is 7.88. The summed E-state index contributed by atoms with van der Waals surface area (Å²) in [6, 6.07) is 4.25. The van der Waals surface area contributed by atoms with Crippen molar-refractivity contribution in [2.24, 2.45) is 5.92 Å². The van der Waals surface area contributed by atoms with Gasteiger partial charge in [0.1, 0.15) is 29.5 Å². The Morgan fingerprint density at radius 3 is 2.25 bits per heavy atom. The van der Waals surface area contributed by atoms with Gasteiger partial charge in [0.2, 0.25) is 0 Å². The molecular formula is C22H20O10. The predicted molar refractivity (Wildman–Crippen MR) is 106 cm³/mol. The summed E-state index contributed by atoms with van der Waals surface area (Å²) in [7, 11) is 0. The fourth-order valence-electron chi connectivity index (χ4n) is 4.09. The molecular weight excluding hydrogens is 424 g/mol. The van der Waals surface area contributed by atoms with E-state index in [1.807, 2.05) is 0 Å². The van der Waals surface area contributed by atoms with Crippen molar-refractivity contribution < 1.29 is 49.4 Å². The molecule has 0 amide bonds. The van der Waals surface area contributed by atoms with Crippen molar-refractivity contribution in [1.29, 1.82) is 0 Å². The molecule has 1 aliphatic carbocycles. The Hall–Kier alpha value is -3.95. The van der Waals surface area contributed by atoms with Crippen molar-refractivity contribution in [3.63, 3.8) is 0 Å². The van der Waals surface area contributed by atoms with Crippen molar-refractivity contribution >= 4 is 17.5 Å². The van der Waals surface area contributed by atoms with Crippen LogP contribution in [0.1, 0.15) is 35.2 Å². The van der Waals surface area contributed by atoms with Crippen LogP contribution < -0.4 is 4.74 Å². The van der Waals surface area contributed by atoms with Crippen LogP contribution in [0.3, 0.4) is 0 Å². The molecule has 0 radical (unpaired) electrons. The van der Waals surface area contributed by atoms with Gasteiger partial charge in [-0.15, -0.1) is 0 Å². The van der Waals surface area contributed by atoms with Gasteiger partial charge in [-0.05, 0) is 18.6 Å². The maximum absolute atomic E-state index is 12.7. The third-order valence-electron chi connectivity index (χ3n) is 5.73. The Kier molecular flexibility index (Phi) is 5.29. The summed E-state index contributed by atoms with van der Waals surface area (Å²) in [5.74, 6) is -5.00. The van der Waals surface area contributed by atoms with Gasteiger partial charge in [-0.2, -0.15) is 0 Å². The fourth-order valence-corrected chi connectivity index (χ4v) is 4.09. The number of phenolic OH excluding ortho intramolecular Hbond substituents is 5. The Morgan fingerprint density at radius 1 is 0.906 bits per heavy atom. The van der Waals surface area contributed by atoms with E-state index in [9.17, 15) is 39.9 Å². The zero-order chi connectivity index (χ0) is 23.2. The minimum atomic E-state index is -0.991. The van der Waals surface area contributed by atoms with E-state index in [2.05, 4.69) is 0 Å². The van der Waals surface area contributed by atoms with Crippen LogP contribution in [0.4, 0.5) is 0 Å². The van der Waals surface area contributed by atoms with Gasteiger partial charge in [-0.25, -0.2) is 4.79 Å². The van der Waals surface area contributed by atoms with Gasteiger partial charge in [0.05, 0.1) is 5.56 Å². The summed E-state index contributed by atoms with van der Waals surface area (Å²) in [4.78, 5) is 36.3. The number of hydrogen-bond donors (Lipinski definition) is 5. The summed E-state index contributed by atoms with van der Waals surface area (Å²) in [6.07, 6.45) is -1.60. The highest BCUT2D eigenvalue weighted by Crippen LogP contribution is 2.42. The summed E-state index contributed by atoms with van der Waals surface area (Å²) >= 11 is 0. The van der Waals surface area contributed by atoms with E-state index in [4.69, 9.17) is 9.47 Å². The molecule has 3 atom stereocenters. The Bertz CT molecular complexity index is 1100. The number of benzene rings is 2. The zero-order valence-electron chi connectivity index (χ0n) is 16.6. The molecule has 1 fully saturated rings. The quantitative estimate of drug-likeness (QED) is 0.266. The van der Waals surface area contributed by atoms with Crippen LogP contribution in [0.15, 0.2) is 24.3 Å². The summed E-state index contributed by atoms with van der Waals surface area (Å²) in [5.41, 5.74) is 0.0404. The molecule has 32 heavy (non-hydrogen) atoms. The lowest BCUT2D eigenvalue weighted by Crippen LogP contribution is -2.47. The Labute approximate surface area is 181 Å². The Balaban J connectivity index is 1.65. The molecule has 2 aromatic carbocycles. The molecule has 3 unspecified atom stereocenters. The van der Waals surface area contributed by atoms with Crippen molar-refractivity contribution in [3.8, 4) is 34.5 Å². The van der Waals surface area contributed by atoms with Gasteiger partial charge < -0.3 is 35.0 Å². The number of ether oxygens (including phenoxy) is 2. The number of aromatic hydroxyl groups is 5. The largest absolute Gasteiger partial charge is 0.508 e. The molecule has 5 N–H and O–H groups in total.